The summed E-state index contributed by atoms with van der Waals surface area (Å²) in [6, 6.07) is 40.0. The SMILES string of the molecule is COC(C)(C)O/N=C(\C[P+](c1ccccc1)(c1ccccc1)c1ccccc1)c1ccc(Cl)cc1. The Morgan fingerprint density at radius 1 is 0.714 bits per heavy atom. The summed E-state index contributed by atoms with van der Waals surface area (Å²) in [5, 5.41) is 9.23. The largest absolute Gasteiger partial charge is 0.361 e. The van der Waals surface area contributed by atoms with Gasteiger partial charge in [0.2, 0.25) is 5.79 Å². The van der Waals surface area contributed by atoms with Crippen molar-refractivity contribution in [2.24, 2.45) is 5.16 Å². The van der Waals surface area contributed by atoms with Crippen LogP contribution in [0.15, 0.2) is 120 Å². The van der Waals surface area contributed by atoms with Crippen molar-refractivity contribution in [3.05, 3.63) is 126 Å². The third-order valence-corrected chi connectivity index (χ3v) is 10.6. The maximum absolute atomic E-state index is 6.23. The van der Waals surface area contributed by atoms with Crippen LogP contribution in [-0.2, 0) is 9.57 Å². The van der Waals surface area contributed by atoms with Crippen LogP contribution in [0.1, 0.15) is 19.4 Å². The molecule has 0 aliphatic rings. The Hall–Kier alpha value is -2.97. The predicted octanol–water partition coefficient (Wildman–Crippen LogP) is 6.44. The van der Waals surface area contributed by atoms with Crippen LogP contribution in [-0.4, -0.2) is 24.8 Å². The molecule has 0 saturated heterocycles. The van der Waals surface area contributed by atoms with Crippen LogP contribution in [0.4, 0.5) is 0 Å². The van der Waals surface area contributed by atoms with Crippen molar-refractivity contribution in [2.45, 2.75) is 19.6 Å². The lowest BCUT2D eigenvalue weighted by Gasteiger charge is -2.28. The molecule has 5 heteroatoms. The summed E-state index contributed by atoms with van der Waals surface area (Å²) in [5.74, 6) is -0.856. The van der Waals surface area contributed by atoms with Crippen molar-refractivity contribution in [1.29, 1.82) is 0 Å². The van der Waals surface area contributed by atoms with Crippen LogP contribution in [0.5, 0.6) is 0 Å². The minimum absolute atomic E-state index is 0.673. The summed E-state index contributed by atoms with van der Waals surface area (Å²) in [5.41, 5.74) is 1.81. The zero-order valence-electron chi connectivity index (χ0n) is 20.3. The molecule has 4 rings (SSSR count). The van der Waals surface area contributed by atoms with Gasteiger partial charge in [-0.15, -0.1) is 0 Å². The highest BCUT2D eigenvalue weighted by Gasteiger charge is 2.47. The van der Waals surface area contributed by atoms with Crippen molar-refractivity contribution in [1.82, 2.24) is 0 Å². The van der Waals surface area contributed by atoms with Gasteiger partial charge in [0.15, 0.2) is 0 Å². The van der Waals surface area contributed by atoms with E-state index < -0.39 is 13.0 Å². The van der Waals surface area contributed by atoms with Gasteiger partial charge >= 0.3 is 0 Å². The van der Waals surface area contributed by atoms with E-state index in [1.54, 1.807) is 7.11 Å². The van der Waals surface area contributed by atoms with Crippen LogP contribution in [0.3, 0.4) is 0 Å². The van der Waals surface area contributed by atoms with E-state index in [0.29, 0.717) is 11.2 Å². The molecule has 0 N–H and O–H groups in total. The van der Waals surface area contributed by atoms with E-state index in [-0.39, 0.29) is 0 Å². The highest BCUT2D eigenvalue weighted by molar-refractivity contribution is 7.96. The number of methoxy groups -OCH3 is 1. The first-order valence-corrected chi connectivity index (χ1v) is 13.9. The van der Waals surface area contributed by atoms with E-state index in [1.165, 1.54) is 15.9 Å². The number of benzene rings is 4. The van der Waals surface area contributed by atoms with Gasteiger partial charge < -0.3 is 9.57 Å². The number of oxime groups is 1. The van der Waals surface area contributed by atoms with Gasteiger partial charge in [0.05, 0.1) is 0 Å². The van der Waals surface area contributed by atoms with Gasteiger partial charge in [-0.25, -0.2) is 0 Å². The second kappa shape index (κ2) is 11.2. The summed E-state index contributed by atoms with van der Waals surface area (Å²) in [6.45, 7) is 3.70. The van der Waals surface area contributed by atoms with Crippen molar-refractivity contribution in [3.63, 3.8) is 0 Å². The fourth-order valence-electron chi connectivity index (χ4n) is 4.01. The van der Waals surface area contributed by atoms with E-state index >= 15 is 0 Å². The van der Waals surface area contributed by atoms with Gasteiger partial charge in [0, 0.05) is 31.5 Å². The minimum atomic E-state index is -2.16. The Labute approximate surface area is 213 Å². The lowest BCUT2D eigenvalue weighted by molar-refractivity contribution is -0.197. The van der Waals surface area contributed by atoms with E-state index in [2.05, 4.69) is 91.0 Å². The molecule has 0 radical (unpaired) electrons. The quantitative estimate of drug-likeness (QED) is 0.114. The Balaban J connectivity index is 1.96. The normalized spacial score (nSPS) is 12.4. The number of ether oxygens (including phenoxy) is 1. The van der Waals surface area contributed by atoms with Gasteiger partial charge in [-0.1, -0.05) is 83.5 Å². The minimum Gasteiger partial charge on any atom is -0.361 e. The average molecular weight is 503 g/mol. The maximum atomic E-state index is 6.23. The molecule has 0 aliphatic heterocycles. The molecule has 0 bridgehead atoms. The Kier molecular flexibility index (Phi) is 8.03. The van der Waals surface area contributed by atoms with Gasteiger partial charge in [0.25, 0.3) is 0 Å². The summed E-state index contributed by atoms with van der Waals surface area (Å²) in [4.78, 5) is 5.93. The Morgan fingerprint density at radius 2 is 1.14 bits per heavy atom. The number of nitrogens with zero attached hydrogens (tertiary/aromatic N) is 1. The molecule has 35 heavy (non-hydrogen) atoms. The number of rotatable bonds is 9. The van der Waals surface area contributed by atoms with Crippen molar-refractivity contribution in [3.8, 4) is 0 Å². The van der Waals surface area contributed by atoms with Gasteiger partial charge in [0.1, 0.15) is 35.0 Å². The zero-order valence-corrected chi connectivity index (χ0v) is 21.9. The number of hydrogen-bond acceptors (Lipinski definition) is 3. The van der Waals surface area contributed by atoms with E-state index in [1.807, 2.05) is 38.1 Å². The van der Waals surface area contributed by atoms with Crippen molar-refractivity contribution < 1.29 is 9.57 Å². The van der Waals surface area contributed by atoms with Crippen LogP contribution < -0.4 is 15.9 Å². The molecule has 0 amide bonds. The standard InChI is InChI=1S/C30H30ClNO2P/c1-30(2,33-3)34-32-29(24-19-21-25(31)22-20-24)23-35(26-13-7-4-8-14-26,27-15-9-5-10-16-27)28-17-11-6-12-18-28/h4-22H,23H2,1-3H3/q+1/b32-29+. The maximum Gasteiger partial charge on any atom is 0.230 e. The van der Waals surface area contributed by atoms with Crippen LogP contribution in [0.25, 0.3) is 0 Å². The lowest BCUT2D eigenvalue weighted by Crippen LogP contribution is -2.36. The molecule has 4 aromatic carbocycles. The zero-order chi connectivity index (χ0) is 24.7. The molecular weight excluding hydrogens is 473 g/mol. The smallest absolute Gasteiger partial charge is 0.230 e. The number of hydrogen-bond donors (Lipinski definition) is 0. The lowest BCUT2D eigenvalue weighted by atomic mass is 10.1. The Bertz CT molecular complexity index is 1150. The van der Waals surface area contributed by atoms with Crippen LogP contribution >= 0.6 is 18.9 Å². The van der Waals surface area contributed by atoms with Crippen LogP contribution in [0.2, 0.25) is 5.02 Å². The second-order valence-electron chi connectivity index (χ2n) is 8.71. The van der Waals surface area contributed by atoms with Crippen LogP contribution in [0, 0.1) is 0 Å². The van der Waals surface area contributed by atoms with E-state index in [0.717, 1.165) is 11.3 Å². The second-order valence-corrected chi connectivity index (χ2v) is 12.6. The Morgan fingerprint density at radius 3 is 1.54 bits per heavy atom. The average Bonchev–Trinajstić information content (AvgIpc) is 2.91. The van der Waals surface area contributed by atoms with Crippen molar-refractivity contribution >= 4 is 40.5 Å². The molecule has 4 aromatic rings. The van der Waals surface area contributed by atoms with Gasteiger partial charge in [-0.05, 0) is 48.5 Å². The molecule has 3 nitrogen and oxygen atoms in total. The highest BCUT2D eigenvalue weighted by atomic mass is 35.5. The molecule has 0 spiro atoms. The third-order valence-electron chi connectivity index (χ3n) is 6.02. The molecular formula is C30H30ClNO2P+. The molecule has 0 atom stereocenters. The molecule has 0 saturated carbocycles. The molecule has 0 aliphatic carbocycles. The summed E-state index contributed by atoms with van der Waals surface area (Å²) in [6.07, 6.45) is 0.673. The summed E-state index contributed by atoms with van der Waals surface area (Å²) in [7, 11) is -0.544. The third kappa shape index (κ3) is 5.82. The van der Waals surface area contributed by atoms with E-state index in [4.69, 9.17) is 26.3 Å². The first kappa shape index (κ1) is 25.1. The molecule has 178 valence electrons. The monoisotopic (exact) mass is 502 g/mol. The molecule has 0 fully saturated rings. The number of halogens is 1. The van der Waals surface area contributed by atoms with Crippen molar-refractivity contribution in [2.75, 3.05) is 13.3 Å². The topological polar surface area (TPSA) is 30.8 Å². The van der Waals surface area contributed by atoms with Gasteiger partial charge in [-0.2, -0.15) is 0 Å². The first-order valence-electron chi connectivity index (χ1n) is 11.6. The summed E-state index contributed by atoms with van der Waals surface area (Å²) >= 11 is 6.23. The predicted molar refractivity (Wildman–Crippen MR) is 150 cm³/mol. The highest BCUT2D eigenvalue weighted by Crippen LogP contribution is 2.55. The fraction of sp³-hybridized carbons (Fsp3) is 0.167. The fourth-order valence-corrected chi connectivity index (χ4v) is 8.31. The van der Waals surface area contributed by atoms with E-state index in [9.17, 15) is 0 Å². The molecule has 0 aromatic heterocycles. The molecule has 0 heterocycles. The summed E-state index contributed by atoms with van der Waals surface area (Å²) < 4.78 is 5.49. The van der Waals surface area contributed by atoms with Gasteiger partial charge in [-0.3, -0.25) is 0 Å². The first-order chi connectivity index (χ1) is 16.9. The molecule has 0 unspecified atom stereocenters.